The van der Waals surface area contributed by atoms with Crippen molar-refractivity contribution in [2.75, 3.05) is 20.0 Å². The van der Waals surface area contributed by atoms with Crippen LogP contribution in [0.1, 0.15) is 23.8 Å². The Morgan fingerprint density at radius 2 is 2.07 bits per heavy atom. The van der Waals surface area contributed by atoms with Crippen molar-refractivity contribution in [3.63, 3.8) is 0 Å². The van der Waals surface area contributed by atoms with Gasteiger partial charge >= 0.3 is 5.97 Å². The fourth-order valence-corrected chi connectivity index (χ4v) is 5.88. The summed E-state index contributed by atoms with van der Waals surface area (Å²) in [7, 11) is 2.95. The van der Waals surface area contributed by atoms with E-state index in [9.17, 15) is 9.59 Å². The highest BCUT2D eigenvalue weighted by molar-refractivity contribution is 7.99. The molecule has 0 bridgehead atoms. The topological polar surface area (TPSA) is 70.4 Å². The zero-order chi connectivity index (χ0) is 20.5. The second-order valence-corrected chi connectivity index (χ2v) is 9.16. The first-order valence-electron chi connectivity index (χ1n) is 9.43. The summed E-state index contributed by atoms with van der Waals surface area (Å²) in [4.78, 5) is 32.1. The highest BCUT2D eigenvalue weighted by atomic mass is 32.2. The second kappa shape index (κ2) is 8.20. The van der Waals surface area contributed by atoms with E-state index >= 15 is 0 Å². The van der Waals surface area contributed by atoms with Crippen molar-refractivity contribution in [1.29, 1.82) is 0 Å². The number of methoxy groups -OCH3 is 2. The summed E-state index contributed by atoms with van der Waals surface area (Å²) in [5, 5.41) is 1.21. The van der Waals surface area contributed by atoms with Gasteiger partial charge in [0.05, 0.1) is 31.0 Å². The van der Waals surface area contributed by atoms with E-state index < -0.39 is 0 Å². The molecule has 2 aromatic heterocycles. The summed E-state index contributed by atoms with van der Waals surface area (Å²) in [5.74, 6) is 1.06. The van der Waals surface area contributed by atoms with E-state index in [0.717, 1.165) is 35.0 Å². The predicted octanol–water partition coefficient (Wildman–Crippen LogP) is 3.85. The van der Waals surface area contributed by atoms with Gasteiger partial charge in [-0.15, -0.1) is 11.3 Å². The molecule has 1 aliphatic rings. The Labute approximate surface area is 176 Å². The largest absolute Gasteiger partial charge is 0.497 e. The van der Waals surface area contributed by atoms with Gasteiger partial charge in [-0.05, 0) is 55.0 Å². The molecule has 0 fully saturated rings. The number of rotatable bonds is 5. The first kappa shape index (κ1) is 20.0. The number of thioether (sulfide) groups is 1. The summed E-state index contributed by atoms with van der Waals surface area (Å²) >= 11 is 2.82. The molecule has 2 heterocycles. The van der Waals surface area contributed by atoms with Gasteiger partial charge in [-0.3, -0.25) is 14.2 Å². The van der Waals surface area contributed by atoms with E-state index in [4.69, 9.17) is 14.5 Å². The van der Waals surface area contributed by atoms with Crippen molar-refractivity contribution in [2.24, 2.45) is 5.92 Å². The van der Waals surface area contributed by atoms with Gasteiger partial charge in [0.25, 0.3) is 5.56 Å². The van der Waals surface area contributed by atoms with Gasteiger partial charge in [0.2, 0.25) is 0 Å². The van der Waals surface area contributed by atoms with Crippen molar-refractivity contribution < 1.29 is 14.3 Å². The molecule has 1 aromatic carbocycles. The molecule has 152 valence electrons. The Bertz CT molecular complexity index is 1120. The molecule has 8 heteroatoms. The third-order valence-electron chi connectivity index (χ3n) is 5.18. The molecular formula is C21H22N2O4S2. The minimum absolute atomic E-state index is 0.0837. The molecule has 0 spiro atoms. The van der Waals surface area contributed by atoms with Crippen molar-refractivity contribution >= 4 is 39.3 Å². The number of aromatic nitrogens is 2. The molecule has 0 saturated heterocycles. The summed E-state index contributed by atoms with van der Waals surface area (Å²) in [6.45, 7) is 2.24. The monoisotopic (exact) mass is 430 g/mol. The molecule has 1 unspecified atom stereocenters. The van der Waals surface area contributed by atoms with Crippen LogP contribution >= 0.6 is 23.1 Å². The van der Waals surface area contributed by atoms with E-state index in [1.54, 1.807) is 23.0 Å². The van der Waals surface area contributed by atoms with Gasteiger partial charge in [0.1, 0.15) is 10.6 Å². The molecule has 6 nitrogen and oxygen atoms in total. The van der Waals surface area contributed by atoms with Crippen LogP contribution in [0.25, 0.3) is 15.9 Å². The number of carbonyl (C=O) groups excluding carboxylic acids is 1. The lowest BCUT2D eigenvalue weighted by atomic mass is 9.89. The predicted molar refractivity (Wildman–Crippen MR) is 116 cm³/mol. The maximum atomic E-state index is 13.6. The molecule has 29 heavy (non-hydrogen) atoms. The van der Waals surface area contributed by atoms with Gasteiger partial charge in [-0.25, -0.2) is 4.98 Å². The van der Waals surface area contributed by atoms with Crippen molar-refractivity contribution in [2.45, 2.75) is 31.3 Å². The average molecular weight is 431 g/mol. The standard InChI is InChI=1S/C21H22N2O4S2/c1-12-4-9-15-16(10-12)29-19-18(15)20(25)23(13-5-7-14(26-2)8-6-13)21(22-19)28-11-17(24)27-3/h5-8,12H,4,9-11H2,1-3H3. The number of carbonyl (C=O) groups is 1. The Morgan fingerprint density at radius 3 is 2.76 bits per heavy atom. The Morgan fingerprint density at radius 1 is 1.31 bits per heavy atom. The maximum Gasteiger partial charge on any atom is 0.316 e. The number of aryl methyl sites for hydroxylation is 1. The average Bonchev–Trinajstić information content (AvgIpc) is 3.09. The zero-order valence-electron chi connectivity index (χ0n) is 16.6. The molecule has 1 aliphatic carbocycles. The highest BCUT2D eigenvalue weighted by Crippen LogP contribution is 2.37. The number of thiophene rings is 1. The molecule has 0 radical (unpaired) electrons. The van der Waals surface area contributed by atoms with E-state index in [1.165, 1.54) is 23.7 Å². The smallest absolute Gasteiger partial charge is 0.316 e. The van der Waals surface area contributed by atoms with Gasteiger partial charge in [0.15, 0.2) is 5.16 Å². The Balaban J connectivity index is 1.90. The number of hydrogen-bond acceptors (Lipinski definition) is 7. The lowest BCUT2D eigenvalue weighted by molar-refractivity contribution is -0.137. The maximum absolute atomic E-state index is 13.6. The number of esters is 1. The molecule has 4 rings (SSSR count). The molecule has 3 aromatic rings. The number of nitrogens with zero attached hydrogens (tertiary/aromatic N) is 2. The fourth-order valence-electron chi connectivity index (χ4n) is 3.61. The molecule has 1 atom stereocenters. The van der Waals surface area contributed by atoms with Crippen LogP contribution in [0, 0.1) is 5.92 Å². The van der Waals surface area contributed by atoms with Crippen molar-refractivity contribution in [1.82, 2.24) is 9.55 Å². The first-order valence-corrected chi connectivity index (χ1v) is 11.2. The summed E-state index contributed by atoms with van der Waals surface area (Å²) in [6, 6.07) is 7.28. The molecule has 0 N–H and O–H groups in total. The van der Waals surface area contributed by atoms with Crippen LogP contribution < -0.4 is 10.3 Å². The Hall–Kier alpha value is -2.32. The quantitative estimate of drug-likeness (QED) is 0.348. The lowest BCUT2D eigenvalue weighted by Gasteiger charge is -2.17. The molecular weight excluding hydrogens is 408 g/mol. The number of benzene rings is 1. The van der Waals surface area contributed by atoms with E-state index in [1.807, 2.05) is 24.3 Å². The minimum Gasteiger partial charge on any atom is -0.497 e. The van der Waals surface area contributed by atoms with Crippen LogP contribution in [-0.4, -0.2) is 35.5 Å². The van der Waals surface area contributed by atoms with E-state index in [0.29, 0.717) is 22.5 Å². The molecule has 0 aliphatic heterocycles. The fraction of sp³-hybridized carbons (Fsp3) is 0.381. The van der Waals surface area contributed by atoms with Crippen LogP contribution in [0.2, 0.25) is 0 Å². The number of hydrogen-bond donors (Lipinski definition) is 0. The van der Waals surface area contributed by atoms with Crippen molar-refractivity contribution in [3.05, 3.63) is 45.1 Å². The molecule has 0 saturated carbocycles. The second-order valence-electron chi connectivity index (χ2n) is 7.13. The first-order chi connectivity index (χ1) is 14.0. The van der Waals surface area contributed by atoms with Crippen LogP contribution in [0.15, 0.2) is 34.2 Å². The third-order valence-corrected chi connectivity index (χ3v) is 7.24. The van der Waals surface area contributed by atoms with Gasteiger partial charge in [0, 0.05) is 4.88 Å². The highest BCUT2D eigenvalue weighted by Gasteiger charge is 2.25. The number of ether oxygens (including phenoxy) is 2. The summed E-state index contributed by atoms with van der Waals surface area (Å²) in [5.41, 5.74) is 1.76. The van der Waals surface area contributed by atoms with Gasteiger partial charge in [-0.2, -0.15) is 0 Å². The lowest BCUT2D eigenvalue weighted by Crippen LogP contribution is -2.23. The van der Waals surface area contributed by atoms with Gasteiger partial charge in [-0.1, -0.05) is 18.7 Å². The van der Waals surface area contributed by atoms with Crippen LogP contribution in [0.5, 0.6) is 5.75 Å². The van der Waals surface area contributed by atoms with Crippen LogP contribution in [0.4, 0.5) is 0 Å². The van der Waals surface area contributed by atoms with Crippen molar-refractivity contribution in [3.8, 4) is 11.4 Å². The summed E-state index contributed by atoms with van der Waals surface area (Å²) in [6.07, 6.45) is 2.98. The molecule has 0 amide bonds. The SMILES string of the molecule is COC(=O)CSc1nc2sc3c(c2c(=O)n1-c1ccc(OC)cc1)CCC(C)C3. The Kier molecular flexibility index (Phi) is 5.65. The zero-order valence-corrected chi connectivity index (χ0v) is 18.2. The number of fused-ring (bicyclic) bond motifs is 3. The minimum atomic E-state index is -0.357. The van der Waals surface area contributed by atoms with Gasteiger partial charge < -0.3 is 9.47 Å². The van der Waals surface area contributed by atoms with Crippen LogP contribution in [-0.2, 0) is 22.4 Å². The third kappa shape index (κ3) is 3.79. The van der Waals surface area contributed by atoms with E-state index in [-0.39, 0.29) is 17.3 Å². The normalized spacial score (nSPS) is 15.9. The summed E-state index contributed by atoms with van der Waals surface area (Å²) < 4.78 is 11.6. The van der Waals surface area contributed by atoms with Crippen LogP contribution in [0.3, 0.4) is 0 Å². The van der Waals surface area contributed by atoms with E-state index in [2.05, 4.69) is 6.92 Å².